The highest BCUT2D eigenvalue weighted by molar-refractivity contribution is 5.41. The quantitative estimate of drug-likeness (QED) is 0.622. The lowest BCUT2D eigenvalue weighted by Gasteiger charge is -2.22. The van der Waals surface area contributed by atoms with Gasteiger partial charge in [0.25, 0.3) is 0 Å². The van der Waals surface area contributed by atoms with Crippen LogP contribution in [0.3, 0.4) is 0 Å². The average Bonchev–Trinajstić information content (AvgIpc) is 2.41. The first-order valence-corrected chi connectivity index (χ1v) is 7.54. The molecule has 0 saturated carbocycles. The van der Waals surface area contributed by atoms with Gasteiger partial charge >= 0.3 is 0 Å². The van der Waals surface area contributed by atoms with Gasteiger partial charge in [0.1, 0.15) is 5.75 Å². The second kappa shape index (κ2) is 9.89. The predicted octanol–water partition coefficient (Wildman–Crippen LogP) is 6.17. The molecule has 0 heterocycles. The molecule has 0 N–H and O–H groups in total. The van der Waals surface area contributed by atoms with Crippen molar-refractivity contribution in [2.24, 2.45) is 0 Å². The first-order valence-electron chi connectivity index (χ1n) is 7.54. The molecule has 0 fully saturated rings. The van der Waals surface area contributed by atoms with Crippen molar-refractivity contribution in [2.45, 2.75) is 73.6 Å². The third-order valence-electron chi connectivity index (χ3n) is 2.72. The summed E-state index contributed by atoms with van der Waals surface area (Å²) in [6.45, 7) is 19.1. The molecule has 0 amide bonds. The van der Waals surface area contributed by atoms with Gasteiger partial charge in [-0.3, -0.25) is 0 Å². The number of ether oxygens (including phenoxy) is 1. The number of hydrogen-bond acceptors (Lipinski definition) is 1. The van der Waals surface area contributed by atoms with E-state index in [9.17, 15) is 0 Å². The molecule has 0 atom stereocenters. The van der Waals surface area contributed by atoms with Crippen LogP contribution in [-0.4, -0.2) is 7.11 Å². The Kier molecular flexibility index (Phi) is 10.6. The summed E-state index contributed by atoms with van der Waals surface area (Å²) in [4.78, 5) is 0. The number of hydrogen-bond donors (Lipinski definition) is 0. The minimum absolute atomic E-state index is 0.204. The highest BCUT2D eigenvalue weighted by atomic mass is 16.5. The first kappa shape index (κ1) is 20.3. The Balaban J connectivity index is 0. The summed E-state index contributed by atoms with van der Waals surface area (Å²) in [5, 5.41) is 0. The maximum absolute atomic E-state index is 5.37. The fourth-order valence-electron chi connectivity index (χ4n) is 1.65. The predicted molar refractivity (Wildman–Crippen MR) is 88.5 cm³/mol. The Morgan fingerprint density at radius 1 is 0.947 bits per heavy atom. The summed E-state index contributed by atoms with van der Waals surface area (Å²) in [6, 6.07) is 6.50. The molecule has 19 heavy (non-hydrogen) atoms. The first-order chi connectivity index (χ1) is 8.86. The van der Waals surface area contributed by atoms with Gasteiger partial charge in [0, 0.05) is 0 Å². The second-order valence-corrected chi connectivity index (χ2v) is 5.36. The average molecular weight is 266 g/mol. The van der Waals surface area contributed by atoms with Gasteiger partial charge in [-0.15, -0.1) is 0 Å². The van der Waals surface area contributed by atoms with E-state index in [2.05, 4.69) is 52.8 Å². The maximum atomic E-state index is 5.37. The highest BCUT2D eigenvalue weighted by Crippen LogP contribution is 2.31. The van der Waals surface area contributed by atoms with Crippen molar-refractivity contribution in [1.82, 2.24) is 0 Å². The number of rotatable bonds is 2. The molecule has 0 radical (unpaired) electrons. The van der Waals surface area contributed by atoms with E-state index in [1.807, 2.05) is 27.7 Å². The van der Waals surface area contributed by atoms with E-state index in [-0.39, 0.29) is 5.41 Å². The molecule has 0 aromatic heterocycles. The zero-order chi connectivity index (χ0) is 15.6. The lowest BCUT2D eigenvalue weighted by Crippen LogP contribution is -2.11. The largest absolute Gasteiger partial charge is 0.496 e. The van der Waals surface area contributed by atoms with Crippen molar-refractivity contribution in [3.8, 4) is 5.75 Å². The molecule has 0 saturated heterocycles. The molecule has 1 aromatic carbocycles. The van der Waals surface area contributed by atoms with Gasteiger partial charge in [-0.25, -0.2) is 0 Å². The Morgan fingerprint density at radius 3 is 1.74 bits per heavy atom. The molecular weight excluding hydrogens is 232 g/mol. The molecular formula is C18H34O. The van der Waals surface area contributed by atoms with Gasteiger partial charge in [0.15, 0.2) is 0 Å². The number of methoxy groups -OCH3 is 1. The molecule has 0 aliphatic carbocycles. The van der Waals surface area contributed by atoms with E-state index < -0.39 is 0 Å². The third-order valence-corrected chi connectivity index (χ3v) is 2.72. The fourth-order valence-corrected chi connectivity index (χ4v) is 1.65. The third kappa shape index (κ3) is 6.66. The summed E-state index contributed by atoms with van der Waals surface area (Å²) in [6.07, 6.45) is 0. The summed E-state index contributed by atoms with van der Waals surface area (Å²) in [5.41, 5.74) is 2.87. The van der Waals surface area contributed by atoms with Crippen LogP contribution in [0.15, 0.2) is 18.2 Å². The molecule has 0 unspecified atom stereocenters. The topological polar surface area (TPSA) is 9.23 Å². The van der Waals surface area contributed by atoms with Crippen LogP contribution in [0, 0.1) is 0 Å². The normalized spacial score (nSPS) is 10.1. The van der Waals surface area contributed by atoms with Gasteiger partial charge in [-0.05, 0) is 28.5 Å². The molecule has 0 spiro atoms. The minimum Gasteiger partial charge on any atom is -0.496 e. The van der Waals surface area contributed by atoms with Crippen LogP contribution in [-0.2, 0) is 5.41 Å². The standard InChI is InChI=1S/C14H22O.2C2H6/c1-10(2)12-9-11(14(3,4)5)7-8-13(12)15-6;2*1-2/h7-10H,1-6H3;2*1-2H3. The molecule has 1 aromatic rings. The Morgan fingerprint density at radius 2 is 1.42 bits per heavy atom. The van der Waals surface area contributed by atoms with Gasteiger partial charge in [0.2, 0.25) is 0 Å². The SMILES string of the molecule is CC.CC.COc1ccc(C(C)(C)C)cc1C(C)C. The van der Waals surface area contributed by atoms with Gasteiger partial charge in [-0.1, -0.05) is 74.4 Å². The monoisotopic (exact) mass is 266 g/mol. The molecule has 1 nitrogen and oxygen atoms in total. The summed E-state index contributed by atoms with van der Waals surface area (Å²) < 4.78 is 5.37. The van der Waals surface area contributed by atoms with Crippen molar-refractivity contribution < 1.29 is 4.74 Å². The van der Waals surface area contributed by atoms with Crippen molar-refractivity contribution in [2.75, 3.05) is 7.11 Å². The lowest BCUT2D eigenvalue weighted by atomic mass is 9.84. The highest BCUT2D eigenvalue weighted by Gasteiger charge is 2.16. The van der Waals surface area contributed by atoms with E-state index in [1.54, 1.807) is 7.11 Å². The van der Waals surface area contributed by atoms with Gasteiger partial charge < -0.3 is 4.74 Å². The maximum Gasteiger partial charge on any atom is 0.122 e. The van der Waals surface area contributed by atoms with Crippen LogP contribution < -0.4 is 4.74 Å². The summed E-state index contributed by atoms with van der Waals surface area (Å²) in [7, 11) is 1.73. The van der Waals surface area contributed by atoms with E-state index >= 15 is 0 Å². The van der Waals surface area contributed by atoms with E-state index in [0.717, 1.165) is 5.75 Å². The lowest BCUT2D eigenvalue weighted by molar-refractivity contribution is 0.407. The van der Waals surface area contributed by atoms with Crippen molar-refractivity contribution in [3.05, 3.63) is 29.3 Å². The Labute approximate surface area is 121 Å². The van der Waals surface area contributed by atoms with Gasteiger partial charge in [0.05, 0.1) is 7.11 Å². The van der Waals surface area contributed by atoms with Crippen LogP contribution in [0.5, 0.6) is 5.75 Å². The zero-order valence-electron chi connectivity index (χ0n) is 14.7. The van der Waals surface area contributed by atoms with Crippen LogP contribution in [0.2, 0.25) is 0 Å². The van der Waals surface area contributed by atoms with Crippen LogP contribution in [0.1, 0.15) is 79.4 Å². The van der Waals surface area contributed by atoms with Gasteiger partial charge in [-0.2, -0.15) is 0 Å². The smallest absolute Gasteiger partial charge is 0.122 e. The Bertz CT molecular complexity index is 332. The summed E-state index contributed by atoms with van der Waals surface area (Å²) >= 11 is 0. The van der Waals surface area contributed by atoms with Crippen molar-refractivity contribution in [1.29, 1.82) is 0 Å². The molecule has 0 aliphatic rings. The zero-order valence-corrected chi connectivity index (χ0v) is 14.7. The van der Waals surface area contributed by atoms with E-state index in [1.165, 1.54) is 11.1 Å². The van der Waals surface area contributed by atoms with Crippen molar-refractivity contribution in [3.63, 3.8) is 0 Å². The second-order valence-electron chi connectivity index (χ2n) is 5.36. The number of benzene rings is 1. The minimum atomic E-state index is 0.204. The fraction of sp³-hybridized carbons (Fsp3) is 0.667. The molecule has 1 rings (SSSR count). The molecule has 1 heteroatoms. The van der Waals surface area contributed by atoms with E-state index in [4.69, 9.17) is 4.74 Å². The molecule has 0 bridgehead atoms. The summed E-state index contributed by atoms with van der Waals surface area (Å²) in [5.74, 6) is 1.50. The van der Waals surface area contributed by atoms with E-state index in [0.29, 0.717) is 5.92 Å². The Hall–Kier alpha value is -0.980. The molecule has 112 valence electrons. The van der Waals surface area contributed by atoms with Crippen LogP contribution in [0.4, 0.5) is 0 Å². The van der Waals surface area contributed by atoms with Crippen LogP contribution >= 0.6 is 0 Å². The van der Waals surface area contributed by atoms with Crippen LogP contribution in [0.25, 0.3) is 0 Å². The molecule has 0 aliphatic heterocycles. The van der Waals surface area contributed by atoms with Crippen molar-refractivity contribution >= 4 is 0 Å².